The Morgan fingerprint density at radius 1 is 0.160 bits per heavy atom. The molecular weight excluding hydrogens is 601 g/mol. The van der Waals surface area contributed by atoms with E-state index >= 15 is 0 Å². The van der Waals surface area contributed by atoms with Gasteiger partial charge in [0.05, 0.1) is 0 Å². The molecule has 0 heterocycles. The maximum Gasteiger partial charge on any atom is -0.0323 e. The van der Waals surface area contributed by atoms with E-state index in [2.05, 4.69) is 0 Å². The molecule has 10 aliphatic carbocycles. The molecule has 0 heteroatoms. The predicted molar refractivity (Wildman–Crippen MR) is 211 cm³/mol. The number of rotatable bonds is 4. The van der Waals surface area contributed by atoms with Crippen LogP contribution in [0.25, 0.3) is 0 Å². The molecule has 0 radical (unpaired) electrons. The summed E-state index contributed by atoms with van der Waals surface area (Å²) in [4.78, 5) is 0. The van der Waals surface area contributed by atoms with E-state index in [1.807, 2.05) is 0 Å². The SMILES string of the molecule is C1CCC(C2CCC(C3C4CC5CCCCC5CC4C(C4CCC(C5CCCCC5)CC4)C4CC5C(CCC6CCCCC65)CC43)CC2)CC1. The molecule has 0 aromatic heterocycles. The second kappa shape index (κ2) is 15.3. The minimum atomic E-state index is 1.11. The van der Waals surface area contributed by atoms with Gasteiger partial charge in [-0.2, -0.15) is 0 Å². The lowest BCUT2D eigenvalue weighted by atomic mass is 9.40. The van der Waals surface area contributed by atoms with Crippen LogP contribution in [-0.2, 0) is 0 Å². The zero-order chi connectivity index (χ0) is 33.0. The fourth-order valence-corrected chi connectivity index (χ4v) is 18.8. The summed E-state index contributed by atoms with van der Waals surface area (Å²) in [6.07, 6.45) is 51.7. The Morgan fingerprint density at radius 3 is 1.00 bits per heavy atom. The van der Waals surface area contributed by atoms with Gasteiger partial charge in [0.2, 0.25) is 0 Å². The van der Waals surface area contributed by atoms with Crippen molar-refractivity contribution in [1.82, 2.24) is 0 Å². The number of hydrogen-bond donors (Lipinski definition) is 0. The lowest BCUT2D eigenvalue weighted by Gasteiger charge is -2.65. The Morgan fingerprint density at radius 2 is 0.480 bits per heavy atom. The van der Waals surface area contributed by atoms with Crippen molar-refractivity contribution in [2.45, 2.75) is 205 Å². The van der Waals surface area contributed by atoms with Crippen LogP contribution in [0, 0.1) is 107 Å². The summed E-state index contributed by atoms with van der Waals surface area (Å²) in [5.41, 5.74) is 0. The highest BCUT2D eigenvalue weighted by Gasteiger charge is 2.60. The first-order valence-electron chi connectivity index (χ1n) is 24.8. The van der Waals surface area contributed by atoms with Gasteiger partial charge in [-0.15, -0.1) is 0 Å². The molecule has 0 aromatic rings. The zero-order valence-electron chi connectivity index (χ0n) is 33.0. The average Bonchev–Trinajstić information content (AvgIpc) is 3.19. The van der Waals surface area contributed by atoms with Gasteiger partial charge in [0, 0.05) is 0 Å². The van der Waals surface area contributed by atoms with Crippen LogP contribution in [0.3, 0.4) is 0 Å². The lowest BCUT2D eigenvalue weighted by molar-refractivity contribution is -0.162. The van der Waals surface area contributed by atoms with Crippen molar-refractivity contribution in [2.75, 3.05) is 0 Å². The van der Waals surface area contributed by atoms with Crippen molar-refractivity contribution >= 4 is 0 Å². The molecular formula is C50H82. The van der Waals surface area contributed by atoms with E-state index in [9.17, 15) is 0 Å². The van der Waals surface area contributed by atoms with Crippen molar-refractivity contribution in [3.05, 3.63) is 0 Å². The normalized spacial score (nSPS) is 52.1. The maximum absolute atomic E-state index is 1.73. The summed E-state index contributed by atoms with van der Waals surface area (Å²) in [5.74, 6) is 20.3. The highest BCUT2D eigenvalue weighted by molar-refractivity contribution is 5.09. The Balaban J connectivity index is 0.956. The van der Waals surface area contributed by atoms with Crippen LogP contribution in [-0.4, -0.2) is 0 Å². The van der Waals surface area contributed by atoms with Crippen molar-refractivity contribution in [3.8, 4) is 0 Å². The molecule has 0 aromatic carbocycles. The Hall–Kier alpha value is 0. The van der Waals surface area contributed by atoms with E-state index in [-0.39, 0.29) is 0 Å². The van der Waals surface area contributed by atoms with Crippen LogP contribution in [0.5, 0.6) is 0 Å². The third-order valence-corrected chi connectivity index (χ3v) is 20.8. The molecule has 0 amide bonds. The first-order valence-corrected chi connectivity index (χ1v) is 24.8. The predicted octanol–water partition coefficient (Wildman–Crippen LogP) is 14.7. The minimum Gasteiger partial charge on any atom is -0.0533 e. The molecule has 50 heavy (non-hydrogen) atoms. The van der Waals surface area contributed by atoms with E-state index in [1.54, 1.807) is 193 Å². The molecule has 0 saturated heterocycles. The van der Waals surface area contributed by atoms with Crippen molar-refractivity contribution in [1.29, 1.82) is 0 Å². The summed E-state index contributed by atoms with van der Waals surface area (Å²) >= 11 is 0. The van der Waals surface area contributed by atoms with E-state index in [0.29, 0.717) is 0 Å². The van der Waals surface area contributed by atoms with Gasteiger partial charge in [0.1, 0.15) is 0 Å². The fraction of sp³-hybridized carbons (Fsp3) is 1.00. The molecule has 12 unspecified atom stereocenters. The summed E-state index contributed by atoms with van der Waals surface area (Å²) < 4.78 is 0. The molecule has 0 bridgehead atoms. The van der Waals surface area contributed by atoms with Crippen molar-refractivity contribution < 1.29 is 0 Å². The first-order chi connectivity index (χ1) is 24.8. The third-order valence-electron chi connectivity index (χ3n) is 20.8. The molecule has 12 atom stereocenters. The van der Waals surface area contributed by atoms with Gasteiger partial charge in [-0.25, -0.2) is 0 Å². The molecule has 0 nitrogen and oxygen atoms in total. The molecule has 0 N–H and O–H groups in total. The first kappa shape index (κ1) is 34.5. The average molecular weight is 683 g/mol. The van der Waals surface area contributed by atoms with Crippen molar-refractivity contribution in [2.24, 2.45) is 107 Å². The Bertz CT molecular complexity index is 1080. The van der Waals surface area contributed by atoms with E-state index in [0.717, 1.165) is 107 Å². The monoisotopic (exact) mass is 683 g/mol. The van der Waals surface area contributed by atoms with E-state index in [4.69, 9.17) is 0 Å². The van der Waals surface area contributed by atoms with Crippen LogP contribution >= 0.6 is 0 Å². The van der Waals surface area contributed by atoms with Gasteiger partial charge in [-0.3, -0.25) is 0 Å². The van der Waals surface area contributed by atoms with E-state index in [1.165, 1.54) is 12.8 Å². The van der Waals surface area contributed by atoms with Gasteiger partial charge in [0.25, 0.3) is 0 Å². The van der Waals surface area contributed by atoms with Crippen molar-refractivity contribution in [3.63, 3.8) is 0 Å². The lowest BCUT2D eigenvalue weighted by Crippen LogP contribution is -2.58. The zero-order valence-corrected chi connectivity index (χ0v) is 33.0. The number of fused-ring (bicyclic) bond motifs is 6. The summed E-state index contributed by atoms with van der Waals surface area (Å²) in [6.45, 7) is 0. The molecule has 10 aliphatic rings. The van der Waals surface area contributed by atoms with Gasteiger partial charge < -0.3 is 0 Å². The summed E-state index contributed by atoms with van der Waals surface area (Å²) in [7, 11) is 0. The van der Waals surface area contributed by atoms with Crippen LogP contribution in [0.1, 0.15) is 205 Å². The topological polar surface area (TPSA) is 0 Å². The summed E-state index contributed by atoms with van der Waals surface area (Å²) in [6, 6.07) is 0. The van der Waals surface area contributed by atoms with Gasteiger partial charge in [-0.1, -0.05) is 109 Å². The maximum atomic E-state index is 1.73. The van der Waals surface area contributed by atoms with Crippen LogP contribution in [0.15, 0.2) is 0 Å². The molecule has 0 spiro atoms. The van der Waals surface area contributed by atoms with Crippen LogP contribution in [0.2, 0.25) is 0 Å². The molecule has 282 valence electrons. The standard InChI is InChI=1S/C50H82/c1-3-11-33(12-4-1)35-19-24-38(25-20-35)49-45-29-40-16-7-8-17-41(40)30-46(45)50(39-26-21-36(22-27-39)34-13-5-2-6-14-34)48-32-44-42(31-47(48)49)28-23-37-15-9-10-18-43(37)44/h33-50H,1-32H2. The van der Waals surface area contributed by atoms with E-state index < -0.39 is 0 Å². The Labute approximate surface area is 311 Å². The largest absolute Gasteiger partial charge is 0.0533 e. The highest BCUT2D eigenvalue weighted by Crippen LogP contribution is 2.68. The Kier molecular flexibility index (Phi) is 10.5. The fourth-order valence-electron chi connectivity index (χ4n) is 18.8. The molecule has 10 saturated carbocycles. The molecule has 10 rings (SSSR count). The van der Waals surface area contributed by atoms with Crippen LogP contribution in [0.4, 0.5) is 0 Å². The van der Waals surface area contributed by atoms with Crippen LogP contribution < -0.4 is 0 Å². The summed E-state index contributed by atoms with van der Waals surface area (Å²) in [5, 5.41) is 0. The van der Waals surface area contributed by atoms with Gasteiger partial charge in [-0.05, 0) is 203 Å². The molecule has 10 fully saturated rings. The van der Waals surface area contributed by atoms with Gasteiger partial charge >= 0.3 is 0 Å². The second-order valence-electron chi connectivity index (χ2n) is 22.4. The molecule has 0 aliphatic heterocycles. The quantitative estimate of drug-likeness (QED) is 0.277. The second-order valence-corrected chi connectivity index (χ2v) is 22.4. The smallest absolute Gasteiger partial charge is 0.0323 e. The van der Waals surface area contributed by atoms with Gasteiger partial charge in [0.15, 0.2) is 0 Å². The third kappa shape index (κ3) is 6.57. The highest BCUT2D eigenvalue weighted by atomic mass is 14.7. The minimum absolute atomic E-state index is 1.11. The number of hydrogen-bond acceptors (Lipinski definition) is 0.